The van der Waals surface area contributed by atoms with Gasteiger partial charge < -0.3 is 0 Å². The van der Waals surface area contributed by atoms with Gasteiger partial charge in [-0.3, -0.25) is 4.98 Å². The van der Waals surface area contributed by atoms with Crippen molar-refractivity contribution in [3.8, 4) is 0 Å². The molecule has 0 aliphatic carbocycles. The molecule has 1 nitrogen and oxygen atoms in total. The highest BCUT2D eigenvalue weighted by molar-refractivity contribution is 7.25. The molecule has 0 aliphatic rings. The molecule has 3 aromatic rings. The van der Waals surface area contributed by atoms with Crippen molar-refractivity contribution >= 4 is 31.5 Å². The first-order valence-electron chi connectivity index (χ1n) is 5.16. The van der Waals surface area contributed by atoms with E-state index in [4.69, 9.17) is 0 Å². The Bertz CT molecular complexity index is 518. The summed E-state index contributed by atoms with van der Waals surface area (Å²) in [6.45, 7) is 4.00. The maximum absolute atomic E-state index is 4.12. The molecule has 0 spiro atoms. The first-order valence-corrected chi connectivity index (χ1v) is 5.98. The number of thiophene rings is 1. The number of rotatable bonds is 0. The van der Waals surface area contributed by atoms with Gasteiger partial charge >= 0.3 is 0 Å². The van der Waals surface area contributed by atoms with E-state index in [-0.39, 0.29) is 0 Å². The van der Waals surface area contributed by atoms with Crippen LogP contribution in [0.4, 0.5) is 0 Å². The summed E-state index contributed by atoms with van der Waals surface area (Å²) < 4.78 is 2.61. The molecule has 0 amide bonds. The van der Waals surface area contributed by atoms with E-state index in [2.05, 4.69) is 35.3 Å². The summed E-state index contributed by atoms with van der Waals surface area (Å²) in [4.78, 5) is 4.12. The monoisotopic (exact) mass is 215 g/mol. The van der Waals surface area contributed by atoms with Crippen molar-refractivity contribution in [1.82, 2.24) is 4.98 Å². The average Bonchev–Trinajstić information content (AvgIpc) is 2.70. The Labute approximate surface area is 93.4 Å². The summed E-state index contributed by atoms with van der Waals surface area (Å²) in [7, 11) is 0. The highest BCUT2D eigenvalue weighted by Crippen LogP contribution is 2.32. The SMILES string of the molecule is CC.c1ccc2c(c1)sc1cnccc12. The van der Waals surface area contributed by atoms with Gasteiger partial charge in [-0.25, -0.2) is 0 Å². The minimum absolute atomic E-state index is 1.27. The van der Waals surface area contributed by atoms with Gasteiger partial charge in [0.1, 0.15) is 0 Å². The standard InChI is InChI=1S/C11H7NS.C2H6/c1-2-4-10-8(3-1)9-5-6-12-7-11(9)13-10;1-2/h1-7H;1-2H3. The molecular weight excluding hydrogens is 202 g/mol. The van der Waals surface area contributed by atoms with Crippen LogP contribution in [0.2, 0.25) is 0 Å². The fourth-order valence-corrected chi connectivity index (χ4v) is 2.65. The first-order chi connectivity index (χ1) is 7.45. The van der Waals surface area contributed by atoms with Crippen LogP contribution in [0.5, 0.6) is 0 Å². The number of benzene rings is 1. The van der Waals surface area contributed by atoms with Crippen LogP contribution in [0.1, 0.15) is 13.8 Å². The highest BCUT2D eigenvalue weighted by atomic mass is 32.1. The molecule has 3 rings (SSSR count). The van der Waals surface area contributed by atoms with Crippen molar-refractivity contribution in [2.45, 2.75) is 13.8 Å². The van der Waals surface area contributed by atoms with E-state index in [9.17, 15) is 0 Å². The Balaban J connectivity index is 0.000000404. The van der Waals surface area contributed by atoms with Gasteiger partial charge in [-0.2, -0.15) is 0 Å². The van der Waals surface area contributed by atoms with Crippen LogP contribution < -0.4 is 0 Å². The molecule has 0 fully saturated rings. The third-order valence-electron chi connectivity index (χ3n) is 2.18. The van der Waals surface area contributed by atoms with Crippen molar-refractivity contribution in [3.63, 3.8) is 0 Å². The lowest BCUT2D eigenvalue weighted by Gasteiger charge is -1.87. The van der Waals surface area contributed by atoms with E-state index < -0.39 is 0 Å². The van der Waals surface area contributed by atoms with Crippen LogP contribution in [-0.4, -0.2) is 4.98 Å². The third-order valence-corrected chi connectivity index (χ3v) is 3.30. The summed E-state index contributed by atoms with van der Waals surface area (Å²) in [6.07, 6.45) is 3.78. The molecule has 2 heterocycles. The second-order valence-corrected chi connectivity index (χ2v) is 4.05. The lowest BCUT2D eigenvalue weighted by atomic mass is 10.2. The maximum atomic E-state index is 4.12. The number of pyridine rings is 1. The summed E-state index contributed by atoms with van der Waals surface area (Å²) in [5.74, 6) is 0. The smallest absolute Gasteiger partial charge is 0.0538 e. The molecule has 15 heavy (non-hydrogen) atoms. The molecule has 0 radical (unpaired) electrons. The second-order valence-electron chi connectivity index (χ2n) is 2.97. The quantitative estimate of drug-likeness (QED) is 0.539. The maximum Gasteiger partial charge on any atom is 0.0538 e. The zero-order chi connectivity index (χ0) is 10.7. The van der Waals surface area contributed by atoms with Gasteiger partial charge in [0.15, 0.2) is 0 Å². The number of hydrogen-bond donors (Lipinski definition) is 0. The molecule has 2 aromatic heterocycles. The first kappa shape index (κ1) is 10.1. The van der Waals surface area contributed by atoms with Crippen molar-refractivity contribution in [3.05, 3.63) is 42.7 Å². The van der Waals surface area contributed by atoms with E-state index >= 15 is 0 Å². The van der Waals surface area contributed by atoms with Gasteiger partial charge in [0.25, 0.3) is 0 Å². The number of aromatic nitrogens is 1. The molecule has 76 valence electrons. The molecule has 0 aliphatic heterocycles. The van der Waals surface area contributed by atoms with Crippen LogP contribution in [0.3, 0.4) is 0 Å². The van der Waals surface area contributed by atoms with Gasteiger partial charge in [-0.15, -0.1) is 11.3 Å². The average molecular weight is 215 g/mol. The highest BCUT2D eigenvalue weighted by Gasteiger charge is 2.01. The topological polar surface area (TPSA) is 12.9 Å². The Morgan fingerprint density at radius 2 is 1.67 bits per heavy atom. The van der Waals surface area contributed by atoms with E-state index in [0.717, 1.165) is 0 Å². The third kappa shape index (κ3) is 1.73. The summed E-state index contributed by atoms with van der Waals surface area (Å²) in [5, 5.41) is 2.65. The molecule has 0 saturated carbocycles. The van der Waals surface area contributed by atoms with Gasteiger partial charge in [-0.05, 0) is 12.1 Å². The van der Waals surface area contributed by atoms with Gasteiger partial charge in [-0.1, -0.05) is 32.0 Å². The Morgan fingerprint density at radius 3 is 2.53 bits per heavy atom. The summed E-state index contributed by atoms with van der Waals surface area (Å²) in [5.41, 5.74) is 0. The minimum atomic E-state index is 1.27. The van der Waals surface area contributed by atoms with Crippen LogP contribution in [0.15, 0.2) is 42.7 Å². The summed E-state index contributed by atoms with van der Waals surface area (Å²) >= 11 is 1.80. The van der Waals surface area contributed by atoms with E-state index in [1.54, 1.807) is 11.3 Å². The van der Waals surface area contributed by atoms with E-state index in [1.807, 2.05) is 26.2 Å². The van der Waals surface area contributed by atoms with Gasteiger partial charge in [0, 0.05) is 27.9 Å². The molecule has 0 saturated heterocycles. The minimum Gasteiger partial charge on any atom is -0.263 e. The predicted molar refractivity (Wildman–Crippen MR) is 68.5 cm³/mol. The van der Waals surface area contributed by atoms with Crippen molar-refractivity contribution in [2.24, 2.45) is 0 Å². The lowest BCUT2D eigenvalue weighted by molar-refractivity contribution is 1.37. The van der Waals surface area contributed by atoms with Gasteiger partial charge in [0.05, 0.1) is 4.70 Å². The molecular formula is C13H13NS. The molecule has 0 N–H and O–H groups in total. The van der Waals surface area contributed by atoms with E-state index in [0.29, 0.717) is 0 Å². The second kappa shape index (κ2) is 4.41. The zero-order valence-corrected chi connectivity index (χ0v) is 9.71. The molecule has 0 atom stereocenters. The predicted octanol–water partition coefficient (Wildman–Crippen LogP) is 4.48. The largest absolute Gasteiger partial charge is 0.263 e. The van der Waals surface area contributed by atoms with Crippen molar-refractivity contribution in [1.29, 1.82) is 0 Å². The number of hydrogen-bond acceptors (Lipinski definition) is 2. The van der Waals surface area contributed by atoms with Crippen molar-refractivity contribution in [2.75, 3.05) is 0 Å². The summed E-state index contributed by atoms with van der Waals surface area (Å²) in [6, 6.07) is 10.5. The van der Waals surface area contributed by atoms with Crippen LogP contribution in [0, 0.1) is 0 Å². The zero-order valence-electron chi connectivity index (χ0n) is 8.90. The van der Waals surface area contributed by atoms with Crippen LogP contribution >= 0.6 is 11.3 Å². The van der Waals surface area contributed by atoms with E-state index in [1.165, 1.54) is 20.2 Å². The molecule has 0 bridgehead atoms. The van der Waals surface area contributed by atoms with Crippen molar-refractivity contribution < 1.29 is 0 Å². The number of fused-ring (bicyclic) bond motifs is 3. The Kier molecular flexibility index (Phi) is 2.97. The number of nitrogens with zero attached hydrogens (tertiary/aromatic N) is 1. The molecule has 1 aromatic carbocycles. The fourth-order valence-electron chi connectivity index (χ4n) is 1.58. The fraction of sp³-hybridized carbons (Fsp3) is 0.154. The van der Waals surface area contributed by atoms with Crippen LogP contribution in [-0.2, 0) is 0 Å². The molecule has 0 unspecified atom stereocenters. The van der Waals surface area contributed by atoms with Gasteiger partial charge in [0.2, 0.25) is 0 Å². The normalized spacial score (nSPS) is 10.0. The molecule has 2 heteroatoms. The Hall–Kier alpha value is -1.41. The Morgan fingerprint density at radius 1 is 0.933 bits per heavy atom. The van der Waals surface area contributed by atoms with Crippen LogP contribution in [0.25, 0.3) is 20.2 Å². The lowest BCUT2D eigenvalue weighted by Crippen LogP contribution is -1.67.